The molecule has 0 unspecified atom stereocenters. The SMILES string of the molecule is O=C1N[C@@H]2C=CC=C[C@@H]2/C1=C1/SC(=S)N(CCOc2ccccc2)C1=O. The molecule has 2 aliphatic heterocycles. The summed E-state index contributed by atoms with van der Waals surface area (Å²) in [6, 6.07) is 9.32. The monoisotopic (exact) mass is 384 g/mol. The highest BCUT2D eigenvalue weighted by atomic mass is 32.2. The van der Waals surface area contributed by atoms with E-state index in [1.807, 2.05) is 54.6 Å². The zero-order chi connectivity index (χ0) is 18.1. The van der Waals surface area contributed by atoms with Gasteiger partial charge in [0.15, 0.2) is 0 Å². The van der Waals surface area contributed by atoms with Crippen LogP contribution in [0.2, 0.25) is 0 Å². The van der Waals surface area contributed by atoms with E-state index in [2.05, 4.69) is 5.32 Å². The Morgan fingerprint density at radius 3 is 2.73 bits per heavy atom. The Bertz CT molecular complexity index is 861. The highest BCUT2D eigenvalue weighted by Crippen LogP contribution is 2.39. The summed E-state index contributed by atoms with van der Waals surface area (Å²) >= 11 is 6.56. The van der Waals surface area contributed by atoms with Gasteiger partial charge < -0.3 is 10.1 Å². The van der Waals surface area contributed by atoms with Gasteiger partial charge in [-0.2, -0.15) is 0 Å². The van der Waals surface area contributed by atoms with Crippen molar-refractivity contribution in [1.29, 1.82) is 0 Å². The Hall–Kier alpha value is -2.38. The van der Waals surface area contributed by atoms with Crippen molar-refractivity contribution < 1.29 is 14.3 Å². The van der Waals surface area contributed by atoms with Crippen molar-refractivity contribution in [3.8, 4) is 5.75 Å². The molecule has 1 aromatic rings. The largest absolute Gasteiger partial charge is 0.492 e. The van der Waals surface area contributed by atoms with Crippen molar-refractivity contribution in [2.24, 2.45) is 5.92 Å². The summed E-state index contributed by atoms with van der Waals surface area (Å²) in [6.45, 7) is 0.682. The van der Waals surface area contributed by atoms with Crippen LogP contribution in [0.1, 0.15) is 0 Å². The zero-order valence-corrected chi connectivity index (χ0v) is 15.4. The highest BCUT2D eigenvalue weighted by molar-refractivity contribution is 8.26. The van der Waals surface area contributed by atoms with E-state index >= 15 is 0 Å². The van der Waals surface area contributed by atoms with E-state index in [1.54, 1.807) is 0 Å². The zero-order valence-electron chi connectivity index (χ0n) is 13.8. The van der Waals surface area contributed by atoms with Crippen LogP contribution >= 0.6 is 24.0 Å². The fourth-order valence-corrected chi connectivity index (χ4v) is 4.60. The van der Waals surface area contributed by atoms with Gasteiger partial charge in [0, 0.05) is 11.5 Å². The average Bonchev–Trinajstić information content (AvgIpc) is 3.12. The van der Waals surface area contributed by atoms with Crippen molar-refractivity contribution in [2.45, 2.75) is 6.04 Å². The number of ether oxygens (including phenoxy) is 1. The fraction of sp³-hybridized carbons (Fsp3) is 0.211. The first-order valence-electron chi connectivity index (χ1n) is 8.26. The van der Waals surface area contributed by atoms with Crippen LogP contribution in [-0.2, 0) is 9.59 Å². The van der Waals surface area contributed by atoms with Gasteiger partial charge in [0.2, 0.25) is 5.91 Å². The van der Waals surface area contributed by atoms with Crippen molar-refractivity contribution in [3.63, 3.8) is 0 Å². The van der Waals surface area contributed by atoms with E-state index < -0.39 is 0 Å². The van der Waals surface area contributed by atoms with Gasteiger partial charge in [-0.05, 0) is 12.1 Å². The molecular formula is C19H16N2O3S2. The summed E-state index contributed by atoms with van der Waals surface area (Å²) in [5.74, 6) is 0.207. The maximum atomic E-state index is 12.8. The molecule has 1 aromatic carbocycles. The number of amides is 2. The number of nitrogens with zero attached hydrogens (tertiary/aromatic N) is 1. The average molecular weight is 384 g/mol. The Morgan fingerprint density at radius 2 is 1.92 bits per heavy atom. The van der Waals surface area contributed by atoms with E-state index in [0.29, 0.717) is 28.0 Å². The normalized spacial score (nSPS) is 27.1. The Balaban J connectivity index is 1.49. The minimum absolute atomic E-state index is 0.0903. The number of thiocarbonyl (C=S) groups is 1. The molecule has 0 radical (unpaired) electrons. The molecule has 2 heterocycles. The second kappa shape index (κ2) is 7.09. The van der Waals surface area contributed by atoms with Crippen LogP contribution in [0.4, 0.5) is 0 Å². The van der Waals surface area contributed by atoms with Gasteiger partial charge in [-0.15, -0.1) is 0 Å². The summed E-state index contributed by atoms with van der Waals surface area (Å²) in [4.78, 5) is 27.2. The Morgan fingerprint density at radius 1 is 1.15 bits per heavy atom. The van der Waals surface area contributed by atoms with Gasteiger partial charge in [-0.25, -0.2) is 0 Å². The van der Waals surface area contributed by atoms with Crippen molar-refractivity contribution in [3.05, 3.63) is 65.1 Å². The van der Waals surface area contributed by atoms with Crippen LogP contribution in [0.5, 0.6) is 5.75 Å². The number of benzene rings is 1. The molecule has 0 saturated carbocycles. The number of carbonyl (C=O) groups excluding carboxylic acids is 2. The first kappa shape index (κ1) is 17.1. The summed E-state index contributed by atoms with van der Waals surface area (Å²) < 4.78 is 6.11. The maximum absolute atomic E-state index is 12.8. The minimum Gasteiger partial charge on any atom is -0.492 e. The smallest absolute Gasteiger partial charge is 0.266 e. The molecule has 2 atom stereocenters. The molecule has 1 N–H and O–H groups in total. The van der Waals surface area contributed by atoms with Crippen molar-refractivity contribution in [1.82, 2.24) is 10.2 Å². The molecule has 3 aliphatic rings. The Labute approximate surface area is 160 Å². The van der Waals surface area contributed by atoms with E-state index in [1.165, 1.54) is 16.7 Å². The molecule has 5 nitrogen and oxygen atoms in total. The van der Waals surface area contributed by atoms with E-state index in [9.17, 15) is 9.59 Å². The van der Waals surface area contributed by atoms with Gasteiger partial charge >= 0.3 is 0 Å². The molecule has 1 aliphatic carbocycles. The second-order valence-corrected chi connectivity index (χ2v) is 7.67. The molecule has 2 saturated heterocycles. The summed E-state index contributed by atoms with van der Waals surface area (Å²) in [7, 11) is 0. The number of fused-ring (bicyclic) bond motifs is 1. The van der Waals surface area contributed by atoms with E-state index in [4.69, 9.17) is 17.0 Å². The number of hydrogen-bond donors (Lipinski definition) is 1. The quantitative estimate of drug-likeness (QED) is 0.638. The second-order valence-electron chi connectivity index (χ2n) is 6.02. The lowest BCUT2D eigenvalue weighted by molar-refractivity contribution is -0.123. The van der Waals surface area contributed by atoms with Gasteiger partial charge in [0.25, 0.3) is 5.91 Å². The number of thioether (sulfide) groups is 1. The molecule has 7 heteroatoms. The number of rotatable bonds is 4. The standard InChI is InChI=1S/C19H16N2O3S2/c22-17-15(13-8-4-5-9-14(13)20-17)16-18(23)21(19(25)26-16)10-11-24-12-6-2-1-3-7-12/h1-9,13-14H,10-11H2,(H,20,22)/b16-15-/t13-,14+/m0/s1. The molecule has 0 bridgehead atoms. The van der Waals surface area contributed by atoms with E-state index in [-0.39, 0.29) is 23.8 Å². The molecule has 4 rings (SSSR count). The molecule has 2 amide bonds. The van der Waals surface area contributed by atoms with Crippen LogP contribution in [0.3, 0.4) is 0 Å². The number of hydrogen-bond acceptors (Lipinski definition) is 5. The number of carbonyl (C=O) groups is 2. The first-order chi connectivity index (χ1) is 12.6. The van der Waals surface area contributed by atoms with Crippen LogP contribution in [0.25, 0.3) is 0 Å². The molecule has 0 aromatic heterocycles. The van der Waals surface area contributed by atoms with Gasteiger partial charge in [0.1, 0.15) is 16.7 Å². The molecule has 2 fully saturated rings. The van der Waals surface area contributed by atoms with Crippen molar-refractivity contribution in [2.75, 3.05) is 13.2 Å². The third kappa shape index (κ3) is 3.08. The minimum atomic E-state index is -0.217. The molecule has 132 valence electrons. The van der Waals surface area contributed by atoms with Gasteiger partial charge in [-0.1, -0.05) is 66.5 Å². The van der Waals surface area contributed by atoms with Gasteiger partial charge in [-0.3, -0.25) is 14.5 Å². The lowest BCUT2D eigenvalue weighted by atomic mass is 9.91. The highest BCUT2D eigenvalue weighted by Gasteiger charge is 2.43. The number of nitrogens with one attached hydrogen (secondary N) is 1. The Kier molecular flexibility index (Phi) is 4.65. The van der Waals surface area contributed by atoms with E-state index in [0.717, 1.165) is 5.75 Å². The summed E-state index contributed by atoms with van der Waals surface area (Å²) in [5, 5.41) is 2.91. The maximum Gasteiger partial charge on any atom is 0.266 e. The number of para-hydroxylation sites is 1. The van der Waals surface area contributed by atoms with Crippen LogP contribution in [0.15, 0.2) is 65.1 Å². The van der Waals surface area contributed by atoms with Crippen LogP contribution < -0.4 is 10.1 Å². The van der Waals surface area contributed by atoms with Gasteiger partial charge in [0.05, 0.1) is 17.5 Å². The summed E-state index contributed by atoms with van der Waals surface area (Å²) in [6.07, 6.45) is 7.68. The third-order valence-corrected chi connectivity index (χ3v) is 5.90. The number of allylic oxidation sites excluding steroid dienone is 2. The first-order valence-corrected chi connectivity index (χ1v) is 9.49. The lowest BCUT2D eigenvalue weighted by Gasteiger charge is -2.16. The fourth-order valence-electron chi connectivity index (χ4n) is 3.18. The predicted molar refractivity (Wildman–Crippen MR) is 105 cm³/mol. The lowest BCUT2D eigenvalue weighted by Crippen LogP contribution is -2.32. The third-order valence-electron chi connectivity index (χ3n) is 4.43. The topological polar surface area (TPSA) is 58.6 Å². The molecular weight excluding hydrogens is 368 g/mol. The van der Waals surface area contributed by atoms with Crippen LogP contribution in [0, 0.1) is 5.92 Å². The molecule has 0 spiro atoms. The summed E-state index contributed by atoms with van der Waals surface area (Å²) in [5.41, 5.74) is 0.513. The predicted octanol–water partition coefficient (Wildman–Crippen LogP) is 2.42. The molecule has 26 heavy (non-hydrogen) atoms. The van der Waals surface area contributed by atoms with Crippen LogP contribution in [-0.4, -0.2) is 40.2 Å². The van der Waals surface area contributed by atoms with Crippen molar-refractivity contribution >= 4 is 40.1 Å².